The summed E-state index contributed by atoms with van der Waals surface area (Å²) in [5.74, 6) is -1.93. The van der Waals surface area contributed by atoms with Crippen LogP contribution in [0, 0.1) is 0 Å². The fraction of sp³-hybridized carbons (Fsp3) is 0.250. The van der Waals surface area contributed by atoms with Crippen molar-refractivity contribution in [1.82, 2.24) is 5.32 Å². The molecule has 0 aromatic heterocycles. The third-order valence-corrected chi connectivity index (χ3v) is 2.79. The summed E-state index contributed by atoms with van der Waals surface area (Å²) in [5, 5.41) is 2.44. The molecule has 1 aromatic rings. The van der Waals surface area contributed by atoms with Gasteiger partial charge in [0.1, 0.15) is 0 Å². The Morgan fingerprint density at radius 3 is 2.29 bits per heavy atom. The average molecular weight is 335 g/mol. The molecular formula is C12H12Cl2N2O5. The summed E-state index contributed by atoms with van der Waals surface area (Å²) in [6, 6.07) is 2.60. The fourth-order valence-electron chi connectivity index (χ4n) is 1.32. The number of carbonyl (C=O) groups is 3. The average Bonchev–Trinajstić information content (AvgIpc) is 2.42. The second kappa shape index (κ2) is 7.70. The van der Waals surface area contributed by atoms with E-state index in [9.17, 15) is 14.4 Å². The van der Waals surface area contributed by atoms with Crippen molar-refractivity contribution in [2.75, 3.05) is 20.3 Å². The third kappa shape index (κ3) is 5.13. The Labute approximate surface area is 130 Å². The van der Waals surface area contributed by atoms with E-state index in [2.05, 4.69) is 5.32 Å². The lowest BCUT2D eigenvalue weighted by Gasteiger charge is -2.09. The molecule has 114 valence electrons. The summed E-state index contributed by atoms with van der Waals surface area (Å²) in [6.45, 7) is -0.899. The lowest BCUT2D eigenvalue weighted by atomic mass is 10.2. The molecule has 0 aliphatic rings. The second-order valence-corrected chi connectivity index (χ2v) is 4.61. The van der Waals surface area contributed by atoms with Crippen molar-refractivity contribution < 1.29 is 23.9 Å². The summed E-state index contributed by atoms with van der Waals surface area (Å²) < 4.78 is 9.68. The van der Waals surface area contributed by atoms with Gasteiger partial charge in [-0.15, -0.1) is 0 Å². The quantitative estimate of drug-likeness (QED) is 0.746. The van der Waals surface area contributed by atoms with Crippen LogP contribution in [0.25, 0.3) is 0 Å². The SMILES string of the molecule is COc1c(Cl)cc(C(=O)OCC(=O)NCC(N)=O)cc1Cl. The van der Waals surface area contributed by atoms with Gasteiger partial charge in [0.15, 0.2) is 12.4 Å². The summed E-state index contributed by atoms with van der Waals surface area (Å²) in [6.07, 6.45) is 0. The number of benzene rings is 1. The number of amides is 2. The predicted molar refractivity (Wildman–Crippen MR) is 75.5 cm³/mol. The first-order valence-electron chi connectivity index (χ1n) is 5.60. The fourth-order valence-corrected chi connectivity index (χ4v) is 1.97. The maximum Gasteiger partial charge on any atom is 0.338 e. The minimum atomic E-state index is -0.796. The number of carbonyl (C=O) groups excluding carboxylic acids is 3. The van der Waals surface area contributed by atoms with Crippen LogP contribution in [0.2, 0.25) is 10.0 Å². The van der Waals surface area contributed by atoms with E-state index in [0.29, 0.717) is 0 Å². The first kappa shape index (κ1) is 17.1. The highest BCUT2D eigenvalue weighted by Gasteiger charge is 2.15. The lowest BCUT2D eigenvalue weighted by Crippen LogP contribution is -2.35. The zero-order valence-corrected chi connectivity index (χ0v) is 12.5. The van der Waals surface area contributed by atoms with Crippen LogP contribution in [0.5, 0.6) is 5.75 Å². The maximum absolute atomic E-state index is 11.7. The third-order valence-electron chi connectivity index (χ3n) is 2.23. The van der Waals surface area contributed by atoms with Crippen molar-refractivity contribution in [2.24, 2.45) is 5.73 Å². The standard InChI is InChI=1S/C12H12Cl2N2O5/c1-20-11-7(13)2-6(3-8(11)14)12(19)21-5-10(18)16-4-9(15)17/h2-3H,4-5H2,1H3,(H2,15,17)(H,16,18). The number of nitrogens with two attached hydrogens (primary N) is 1. The van der Waals surface area contributed by atoms with Gasteiger partial charge in [-0.1, -0.05) is 23.2 Å². The molecule has 0 radical (unpaired) electrons. The van der Waals surface area contributed by atoms with Crippen LogP contribution < -0.4 is 15.8 Å². The van der Waals surface area contributed by atoms with Gasteiger partial charge in [-0.2, -0.15) is 0 Å². The van der Waals surface area contributed by atoms with Gasteiger partial charge in [0.2, 0.25) is 5.91 Å². The van der Waals surface area contributed by atoms with E-state index in [0.717, 1.165) is 0 Å². The van der Waals surface area contributed by atoms with E-state index in [1.165, 1.54) is 19.2 Å². The van der Waals surface area contributed by atoms with E-state index < -0.39 is 24.4 Å². The van der Waals surface area contributed by atoms with E-state index in [-0.39, 0.29) is 27.9 Å². The van der Waals surface area contributed by atoms with Crippen LogP contribution in [-0.4, -0.2) is 38.0 Å². The summed E-state index contributed by atoms with van der Waals surface area (Å²) in [7, 11) is 1.38. The second-order valence-electron chi connectivity index (χ2n) is 3.79. The van der Waals surface area contributed by atoms with E-state index in [1.807, 2.05) is 0 Å². The Morgan fingerprint density at radius 1 is 1.24 bits per heavy atom. The normalized spacial score (nSPS) is 9.86. The molecule has 0 spiro atoms. The van der Waals surface area contributed by atoms with Crippen LogP contribution in [0.1, 0.15) is 10.4 Å². The molecule has 0 aliphatic heterocycles. The van der Waals surface area contributed by atoms with Crippen LogP contribution in [0.15, 0.2) is 12.1 Å². The number of halogens is 2. The monoisotopic (exact) mass is 334 g/mol. The molecule has 0 saturated heterocycles. The van der Waals surface area contributed by atoms with Gasteiger partial charge in [0, 0.05) is 0 Å². The number of rotatable bonds is 6. The van der Waals surface area contributed by atoms with Crippen molar-refractivity contribution in [1.29, 1.82) is 0 Å². The largest absolute Gasteiger partial charge is 0.494 e. The molecule has 9 heteroatoms. The number of methoxy groups -OCH3 is 1. The number of esters is 1. The Bertz CT molecular complexity index is 554. The molecule has 0 saturated carbocycles. The smallest absolute Gasteiger partial charge is 0.338 e. The predicted octanol–water partition coefficient (Wildman–Crippen LogP) is 0.760. The molecule has 1 aromatic carbocycles. The first-order valence-corrected chi connectivity index (χ1v) is 6.36. The van der Waals surface area contributed by atoms with Crippen molar-refractivity contribution >= 4 is 41.0 Å². The Balaban J connectivity index is 2.64. The Morgan fingerprint density at radius 2 is 1.81 bits per heavy atom. The molecule has 1 rings (SSSR count). The molecule has 0 fully saturated rings. The van der Waals surface area contributed by atoms with E-state index in [4.69, 9.17) is 38.4 Å². The Kier molecular flexibility index (Phi) is 6.26. The van der Waals surface area contributed by atoms with Crippen LogP contribution in [0.4, 0.5) is 0 Å². The molecule has 0 heterocycles. The van der Waals surface area contributed by atoms with Gasteiger partial charge in [0.25, 0.3) is 5.91 Å². The molecule has 0 bridgehead atoms. The highest BCUT2D eigenvalue weighted by molar-refractivity contribution is 6.37. The van der Waals surface area contributed by atoms with Gasteiger partial charge in [-0.3, -0.25) is 9.59 Å². The lowest BCUT2D eigenvalue weighted by molar-refractivity contribution is -0.127. The molecule has 21 heavy (non-hydrogen) atoms. The molecule has 0 atom stereocenters. The number of hydrogen-bond acceptors (Lipinski definition) is 5. The van der Waals surface area contributed by atoms with Gasteiger partial charge >= 0.3 is 5.97 Å². The minimum Gasteiger partial charge on any atom is -0.494 e. The topological polar surface area (TPSA) is 108 Å². The molecule has 2 amide bonds. The minimum absolute atomic E-state index is 0.0634. The summed E-state index contributed by atoms with van der Waals surface area (Å²) >= 11 is 11.8. The number of primary amides is 1. The van der Waals surface area contributed by atoms with Gasteiger partial charge in [-0.25, -0.2) is 4.79 Å². The van der Waals surface area contributed by atoms with Crippen molar-refractivity contribution in [3.05, 3.63) is 27.7 Å². The van der Waals surface area contributed by atoms with Gasteiger partial charge in [0.05, 0.1) is 29.3 Å². The number of hydrogen-bond donors (Lipinski definition) is 2. The summed E-state index contributed by atoms with van der Waals surface area (Å²) in [5.41, 5.74) is 4.91. The molecule has 7 nitrogen and oxygen atoms in total. The van der Waals surface area contributed by atoms with Gasteiger partial charge in [-0.05, 0) is 12.1 Å². The van der Waals surface area contributed by atoms with Crippen LogP contribution in [0.3, 0.4) is 0 Å². The zero-order chi connectivity index (χ0) is 16.0. The van der Waals surface area contributed by atoms with E-state index >= 15 is 0 Å². The highest BCUT2D eigenvalue weighted by Crippen LogP contribution is 2.33. The first-order chi connectivity index (χ1) is 9.85. The highest BCUT2D eigenvalue weighted by atomic mass is 35.5. The van der Waals surface area contributed by atoms with Crippen LogP contribution in [-0.2, 0) is 14.3 Å². The van der Waals surface area contributed by atoms with Crippen molar-refractivity contribution in [3.8, 4) is 5.75 Å². The number of ether oxygens (including phenoxy) is 2. The number of nitrogens with one attached hydrogen (secondary N) is 1. The molecule has 0 aliphatic carbocycles. The Hall–Kier alpha value is -1.99. The molecule has 3 N–H and O–H groups in total. The maximum atomic E-state index is 11.7. The summed E-state index contributed by atoms with van der Waals surface area (Å²) in [4.78, 5) is 33.4. The van der Waals surface area contributed by atoms with Crippen molar-refractivity contribution in [2.45, 2.75) is 0 Å². The van der Waals surface area contributed by atoms with Gasteiger partial charge < -0.3 is 20.5 Å². The van der Waals surface area contributed by atoms with Crippen LogP contribution >= 0.6 is 23.2 Å². The van der Waals surface area contributed by atoms with E-state index in [1.54, 1.807) is 0 Å². The molecule has 0 unspecified atom stereocenters. The molecular weight excluding hydrogens is 323 g/mol. The zero-order valence-electron chi connectivity index (χ0n) is 10.9. The van der Waals surface area contributed by atoms with Crippen molar-refractivity contribution in [3.63, 3.8) is 0 Å².